The van der Waals surface area contributed by atoms with E-state index in [1.807, 2.05) is 58.0 Å². The molecule has 2 aliphatic rings. The molecule has 0 saturated carbocycles. The number of hydrogen-bond donors (Lipinski definition) is 1. The van der Waals surface area contributed by atoms with Gasteiger partial charge in [0, 0.05) is 37.2 Å². The summed E-state index contributed by atoms with van der Waals surface area (Å²) in [6.07, 6.45) is 0.493. The lowest BCUT2D eigenvalue weighted by Gasteiger charge is -2.33. The third-order valence-electron chi connectivity index (χ3n) is 6.86. The minimum atomic E-state index is -0.641. The van der Waals surface area contributed by atoms with Gasteiger partial charge in [-0.3, -0.25) is 19.3 Å². The number of aromatic nitrogens is 2. The Morgan fingerprint density at radius 3 is 2.44 bits per heavy atom. The van der Waals surface area contributed by atoms with Crippen molar-refractivity contribution in [1.29, 1.82) is 0 Å². The van der Waals surface area contributed by atoms with Crippen molar-refractivity contribution in [2.45, 2.75) is 46.6 Å². The molecule has 9 heteroatoms. The Morgan fingerprint density at radius 2 is 1.81 bits per heavy atom. The van der Waals surface area contributed by atoms with E-state index in [-0.39, 0.29) is 24.1 Å². The lowest BCUT2D eigenvalue weighted by molar-refractivity contribution is -0.140. The van der Waals surface area contributed by atoms with Gasteiger partial charge >= 0.3 is 0 Å². The van der Waals surface area contributed by atoms with Crippen molar-refractivity contribution < 1.29 is 19.1 Å². The zero-order valence-corrected chi connectivity index (χ0v) is 21.7. The van der Waals surface area contributed by atoms with Crippen LogP contribution in [-0.2, 0) is 20.9 Å². The number of ether oxygens (including phenoxy) is 1. The van der Waals surface area contributed by atoms with Gasteiger partial charge in [-0.05, 0) is 18.9 Å². The van der Waals surface area contributed by atoms with Crippen molar-refractivity contribution in [3.63, 3.8) is 0 Å². The number of amides is 1. The van der Waals surface area contributed by atoms with E-state index in [0.717, 1.165) is 24.2 Å². The number of benzene rings is 1. The number of anilines is 1. The summed E-state index contributed by atoms with van der Waals surface area (Å²) in [6.45, 7) is 11.6. The molecule has 2 aromatic rings. The lowest BCUT2D eigenvalue weighted by Crippen LogP contribution is -2.49. The van der Waals surface area contributed by atoms with Crippen molar-refractivity contribution in [3.05, 3.63) is 47.2 Å². The number of Topliss-reactive ketones (excluding diaryl/α,β-unsaturated/α-hetero) is 1. The highest BCUT2D eigenvalue weighted by Crippen LogP contribution is 2.33. The Kier molecular flexibility index (Phi) is 7.90. The number of carbonyl (C=O) groups is 3. The summed E-state index contributed by atoms with van der Waals surface area (Å²) in [5, 5.41) is 8.07. The summed E-state index contributed by atoms with van der Waals surface area (Å²) in [5.74, 6) is -0.0321. The maximum atomic E-state index is 13.3. The minimum absolute atomic E-state index is 0.0286. The smallest absolute Gasteiger partial charge is 0.254 e. The molecular weight excluding hydrogens is 458 g/mol. The number of ketones is 1. The molecule has 2 saturated heterocycles. The van der Waals surface area contributed by atoms with Crippen molar-refractivity contribution in [2.75, 3.05) is 51.3 Å². The lowest BCUT2D eigenvalue weighted by atomic mass is 9.90. The van der Waals surface area contributed by atoms with E-state index in [2.05, 4.69) is 15.3 Å². The first-order valence-electron chi connectivity index (χ1n) is 12.7. The van der Waals surface area contributed by atoms with Gasteiger partial charge in [-0.2, -0.15) is 9.78 Å². The molecule has 1 atom stereocenters. The summed E-state index contributed by atoms with van der Waals surface area (Å²) in [7, 11) is 0. The Bertz CT molecular complexity index is 1100. The van der Waals surface area contributed by atoms with Gasteiger partial charge < -0.3 is 15.0 Å². The zero-order valence-electron chi connectivity index (χ0n) is 21.7. The van der Waals surface area contributed by atoms with E-state index in [1.54, 1.807) is 4.90 Å². The molecule has 0 aliphatic carbocycles. The average molecular weight is 496 g/mol. The number of likely N-dealkylation sites (tertiary alicyclic amines) is 1. The van der Waals surface area contributed by atoms with Crippen molar-refractivity contribution >= 4 is 23.4 Å². The standard InChI is InChI=1S/C27H37N5O4/c1-19-24(21-10-11-31(17-22(21)33)23(34)18-30-12-14-36-15-13-30)29-32(26(35)27(2,3)4)25(19)28-16-20-8-6-5-7-9-20/h5-9,21,28H,10-18H2,1-4H3. The summed E-state index contributed by atoms with van der Waals surface area (Å²) in [4.78, 5) is 43.0. The Balaban J connectivity index is 1.51. The van der Waals surface area contributed by atoms with Crippen LogP contribution in [0.1, 0.15) is 54.7 Å². The second kappa shape index (κ2) is 10.9. The fraction of sp³-hybridized carbons (Fsp3) is 0.556. The largest absolute Gasteiger partial charge is 0.379 e. The van der Waals surface area contributed by atoms with Crippen LogP contribution >= 0.6 is 0 Å². The number of piperidine rings is 1. The van der Waals surface area contributed by atoms with E-state index in [4.69, 9.17) is 4.74 Å². The van der Waals surface area contributed by atoms with Gasteiger partial charge in [0.2, 0.25) is 5.91 Å². The molecule has 2 aliphatic heterocycles. The van der Waals surface area contributed by atoms with Crippen LogP contribution in [0.2, 0.25) is 0 Å². The molecule has 1 aromatic heterocycles. The molecule has 1 N–H and O–H groups in total. The second-order valence-corrected chi connectivity index (χ2v) is 10.7. The van der Waals surface area contributed by atoms with Gasteiger partial charge in [0.1, 0.15) is 5.82 Å². The molecule has 1 amide bonds. The normalized spacial score (nSPS) is 19.4. The van der Waals surface area contributed by atoms with Crippen LogP contribution in [0, 0.1) is 12.3 Å². The molecule has 1 aromatic carbocycles. The molecule has 194 valence electrons. The number of nitrogens with one attached hydrogen (secondary N) is 1. The molecule has 0 radical (unpaired) electrons. The zero-order chi connectivity index (χ0) is 25.9. The SMILES string of the molecule is Cc1c(C2CCN(C(=O)CN3CCOCC3)CC2=O)nn(C(=O)C(C)(C)C)c1NCc1ccccc1. The minimum Gasteiger partial charge on any atom is -0.379 e. The fourth-order valence-electron chi connectivity index (χ4n) is 4.67. The van der Waals surface area contributed by atoms with Crippen molar-refractivity contribution in [2.24, 2.45) is 5.41 Å². The maximum absolute atomic E-state index is 13.3. The molecule has 1 unspecified atom stereocenters. The van der Waals surface area contributed by atoms with Crippen LogP contribution < -0.4 is 5.32 Å². The molecule has 3 heterocycles. The first-order chi connectivity index (χ1) is 17.1. The van der Waals surface area contributed by atoms with Crippen LogP contribution in [0.15, 0.2) is 30.3 Å². The quantitative estimate of drug-likeness (QED) is 0.658. The highest BCUT2D eigenvalue weighted by molar-refractivity contribution is 5.93. The highest BCUT2D eigenvalue weighted by atomic mass is 16.5. The number of hydrogen-bond acceptors (Lipinski definition) is 7. The first-order valence-corrected chi connectivity index (χ1v) is 12.7. The summed E-state index contributed by atoms with van der Waals surface area (Å²) >= 11 is 0. The Labute approximate surface area is 212 Å². The van der Waals surface area contributed by atoms with Crippen LogP contribution in [-0.4, -0.2) is 83.1 Å². The molecular formula is C27H37N5O4. The predicted octanol–water partition coefficient (Wildman–Crippen LogP) is 2.71. The predicted molar refractivity (Wildman–Crippen MR) is 137 cm³/mol. The first kappa shape index (κ1) is 26.0. The van der Waals surface area contributed by atoms with Gasteiger partial charge in [0.05, 0.1) is 37.9 Å². The Morgan fingerprint density at radius 1 is 1.11 bits per heavy atom. The number of carbonyl (C=O) groups excluding carboxylic acids is 3. The van der Waals surface area contributed by atoms with Gasteiger partial charge in [-0.25, -0.2) is 0 Å². The monoisotopic (exact) mass is 495 g/mol. The second-order valence-electron chi connectivity index (χ2n) is 10.7. The van der Waals surface area contributed by atoms with Crippen LogP contribution in [0.3, 0.4) is 0 Å². The van der Waals surface area contributed by atoms with E-state index in [1.165, 1.54) is 4.68 Å². The molecule has 9 nitrogen and oxygen atoms in total. The van der Waals surface area contributed by atoms with Gasteiger partial charge in [0.25, 0.3) is 5.91 Å². The molecule has 0 spiro atoms. The van der Waals surface area contributed by atoms with E-state index in [0.29, 0.717) is 50.8 Å². The highest BCUT2D eigenvalue weighted by Gasteiger charge is 2.36. The molecule has 0 bridgehead atoms. The van der Waals surface area contributed by atoms with E-state index >= 15 is 0 Å². The molecule has 2 fully saturated rings. The fourth-order valence-corrected chi connectivity index (χ4v) is 4.67. The number of morpholine rings is 1. The topological polar surface area (TPSA) is 96.8 Å². The summed E-state index contributed by atoms with van der Waals surface area (Å²) < 4.78 is 6.78. The average Bonchev–Trinajstić information content (AvgIpc) is 3.18. The van der Waals surface area contributed by atoms with Gasteiger partial charge in [-0.1, -0.05) is 51.1 Å². The summed E-state index contributed by atoms with van der Waals surface area (Å²) in [6, 6.07) is 9.94. The van der Waals surface area contributed by atoms with Gasteiger partial charge in [0.15, 0.2) is 5.78 Å². The maximum Gasteiger partial charge on any atom is 0.254 e. The summed E-state index contributed by atoms with van der Waals surface area (Å²) in [5.41, 5.74) is 1.86. The third kappa shape index (κ3) is 5.84. The van der Waals surface area contributed by atoms with Crippen molar-refractivity contribution in [1.82, 2.24) is 19.6 Å². The van der Waals surface area contributed by atoms with Crippen molar-refractivity contribution in [3.8, 4) is 0 Å². The number of rotatable bonds is 6. The van der Waals surface area contributed by atoms with E-state index in [9.17, 15) is 14.4 Å². The Hall–Kier alpha value is -3.04. The number of nitrogens with zero attached hydrogens (tertiary/aromatic N) is 4. The molecule has 36 heavy (non-hydrogen) atoms. The van der Waals surface area contributed by atoms with Crippen LogP contribution in [0.5, 0.6) is 0 Å². The van der Waals surface area contributed by atoms with Crippen LogP contribution in [0.4, 0.5) is 5.82 Å². The van der Waals surface area contributed by atoms with E-state index < -0.39 is 11.3 Å². The van der Waals surface area contributed by atoms with Gasteiger partial charge in [-0.15, -0.1) is 0 Å². The van der Waals surface area contributed by atoms with Crippen LogP contribution in [0.25, 0.3) is 0 Å². The third-order valence-corrected chi connectivity index (χ3v) is 6.86. The molecule has 4 rings (SSSR count).